The Morgan fingerprint density at radius 1 is 1.33 bits per heavy atom. The Morgan fingerprint density at radius 3 is 2.78 bits per heavy atom. The molecule has 0 aliphatic carbocycles. The smallest absolute Gasteiger partial charge is 0.341 e. The highest BCUT2D eigenvalue weighted by Crippen LogP contribution is 2.38. The molecule has 3 rings (SSSR count). The number of carbonyl (C=O) groups excluding carboxylic acids is 3. The molecule has 1 aliphatic rings. The fourth-order valence-electron chi connectivity index (χ4n) is 2.98. The molecule has 0 fully saturated rings. The van der Waals surface area contributed by atoms with Crippen molar-refractivity contribution >= 4 is 34.1 Å². The van der Waals surface area contributed by atoms with Gasteiger partial charge in [0.15, 0.2) is 0 Å². The zero-order chi connectivity index (χ0) is 19.6. The van der Waals surface area contributed by atoms with Crippen molar-refractivity contribution < 1.29 is 23.5 Å². The number of amides is 2. The van der Waals surface area contributed by atoms with Gasteiger partial charge in [0.1, 0.15) is 10.8 Å². The molecule has 1 aromatic carbocycles. The molecule has 6 nitrogen and oxygen atoms in total. The van der Waals surface area contributed by atoms with Crippen LogP contribution in [0, 0.1) is 5.82 Å². The van der Waals surface area contributed by atoms with Crippen molar-refractivity contribution in [2.45, 2.75) is 26.8 Å². The molecule has 0 atom stereocenters. The molecule has 0 spiro atoms. The van der Waals surface area contributed by atoms with E-state index in [0.717, 1.165) is 16.5 Å². The molecule has 0 saturated heterocycles. The molecule has 142 valence electrons. The van der Waals surface area contributed by atoms with E-state index < -0.39 is 17.7 Å². The number of nitrogens with one attached hydrogen (secondary N) is 1. The minimum Gasteiger partial charge on any atom is -0.462 e. The molecule has 1 aliphatic heterocycles. The van der Waals surface area contributed by atoms with Crippen molar-refractivity contribution in [1.29, 1.82) is 0 Å². The van der Waals surface area contributed by atoms with Gasteiger partial charge in [0.05, 0.1) is 18.7 Å². The van der Waals surface area contributed by atoms with Crippen molar-refractivity contribution in [3.05, 3.63) is 51.7 Å². The third kappa shape index (κ3) is 4.00. The van der Waals surface area contributed by atoms with Crippen molar-refractivity contribution in [3.63, 3.8) is 0 Å². The number of anilines is 1. The molecule has 0 bridgehead atoms. The highest BCUT2D eigenvalue weighted by molar-refractivity contribution is 7.17. The van der Waals surface area contributed by atoms with Gasteiger partial charge < -0.3 is 15.0 Å². The Labute approximate surface area is 159 Å². The van der Waals surface area contributed by atoms with E-state index in [0.29, 0.717) is 30.1 Å². The molecular weight excluding hydrogens is 371 g/mol. The summed E-state index contributed by atoms with van der Waals surface area (Å²) in [5, 5.41) is 3.06. The first-order valence-corrected chi connectivity index (χ1v) is 9.36. The summed E-state index contributed by atoms with van der Waals surface area (Å²) in [6.07, 6.45) is 0.509. The number of hydrogen-bond acceptors (Lipinski definition) is 5. The number of hydrogen-bond donors (Lipinski definition) is 1. The van der Waals surface area contributed by atoms with E-state index in [9.17, 15) is 18.8 Å². The van der Waals surface area contributed by atoms with Crippen LogP contribution in [0.4, 0.5) is 9.39 Å². The summed E-state index contributed by atoms with van der Waals surface area (Å²) in [5.74, 6) is -1.59. The number of ether oxygens (including phenoxy) is 1. The fraction of sp³-hybridized carbons (Fsp3) is 0.316. The zero-order valence-electron chi connectivity index (χ0n) is 15.0. The number of fused-ring (bicyclic) bond motifs is 1. The number of thiophene rings is 1. The Morgan fingerprint density at radius 2 is 2.11 bits per heavy atom. The van der Waals surface area contributed by atoms with Gasteiger partial charge in [-0.2, -0.15) is 0 Å². The number of benzene rings is 1. The molecule has 1 N–H and O–H groups in total. The number of carbonyl (C=O) groups is 3. The summed E-state index contributed by atoms with van der Waals surface area (Å²) < 4.78 is 18.5. The van der Waals surface area contributed by atoms with Crippen molar-refractivity contribution in [2.24, 2.45) is 0 Å². The van der Waals surface area contributed by atoms with Crippen LogP contribution in [0.25, 0.3) is 0 Å². The first-order valence-electron chi connectivity index (χ1n) is 8.54. The normalized spacial score (nSPS) is 13.1. The van der Waals surface area contributed by atoms with E-state index in [1.165, 1.54) is 36.5 Å². The SMILES string of the molecule is CCOC(=O)c1c(NC(=O)c2cccc(F)c2)sc2c1CCN(C(C)=O)C2. The predicted octanol–water partition coefficient (Wildman–Crippen LogP) is 3.22. The first kappa shape index (κ1) is 19.0. The lowest BCUT2D eigenvalue weighted by molar-refractivity contribution is -0.129. The summed E-state index contributed by atoms with van der Waals surface area (Å²) in [4.78, 5) is 39.2. The van der Waals surface area contributed by atoms with Crippen LogP contribution in [-0.2, 0) is 22.5 Å². The van der Waals surface area contributed by atoms with E-state index in [4.69, 9.17) is 4.74 Å². The number of nitrogens with zero attached hydrogens (tertiary/aromatic N) is 1. The van der Waals surface area contributed by atoms with Gasteiger partial charge >= 0.3 is 5.97 Å². The average Bonchev–Trinajstić information content (AvgIpc) is 2.98. The third-order valence-electron chi connectivity index (χ3n) is 4.30. The maximum Gasteiger partial charge on any atom is 0.341 e. The van der Waals surface area contributed by atoms with E-state index in [2.05, 4.69) is 5.32 Å². The van der Waals surface area contributed by atoms with Crippen LogP contribution in [0.3, 0.4) is 0 Å². The van der Waals surface area contributed by atoms with E-state index in [-0.39, 0.29) is 18.1 Å². The van der Waals surface area contributed by atoms with Gasteiger partial charge in [-0.1, -0.05) is 6.07 Å². The molecule has 0 radical (unpaired) electrons. The summed E-state index contributed by atoms with van der Waals surface area (Å²) >= 11 is 1.24. The van der Waals surface area contributed by atoms with Gasteiger partial charge in [0.25, 0.3) is 5.91 Å². The van der Waals surface area contributed by atoms with Gasteiger partial charge in [-0.15, -0.1) is 11.3 Å². The summed E-state index contributed by atoms with van der Waals surface area (Å²) in [6, 6.07) is 5.32. The van der Waals surface area contributed by atoms with Gasteiger partial charge in [-0.25, -0.2) is 9.18 Å². The number of halogens is 1. The van der Waals surface area contributed by atoms with Crippen molar-refractivity contribution in [1.82, 2.24) is 4.90 Å². The quantitative estimate of drug-likeness (QED) is 0.814. The summed E-state index contributed by atoms with van der Waals surface area (Å²) in [6.45, 7) is 4.30. The highest BCUT2D eigenvalue weighted by atomic mass is 32.1. The predicted molar refractivity (Wildman–Crippen MR) is 99.4 cm³/mol. The first-order chi connectivity index (χ1) is 12.9. The monoisotopic (exact) mass is 390 g/mol. The van der Waals surface area contributed by atoms with Crippen molar-refractivity contribution in [2.75, 3.05) is 18.5 Å². The molecule has 1 aromatic heterocycles. The molecule has 8 heteroatoms. The maximum atomic E-state index is 13.4. The minimum absolute atomic E-state index is 0.0444. The molecule has 0 unspecified atom stereocenters. The molecular formula is C19H19FN2O4S. The van der Waals surface area contributed by atoms with Crippen LogP contribution >= 0.6 is 11.3 Å². The lowest BCUT2D eigenvalue weighted by Gasteiger charge is -2.25. The molecule has 0 saturated carbocycles. The second kappa shape index (κ2) is 7.87. The lowest BCUT2D eigenvalue weighted by Crippen LogP contribution is -2.34. The van der Waals surface area contributed by atoms with Gasteiger partial charge in [0.2, 0.25) is 5.91 Å². The van der Waals surface area contributed by atoms with Crippen molar-refractivity contribution in [3.8, 4) is 0 Å². The van der Waals surface area contributed by atoms with Crippen LogP contribution in [0.15, 0.2) is 24.3 Å². The molecule has 2 heterocycles. The Hall–Kier alpha value is -2.74. The topological polar surface area (TPSA) is 75.7 Å². The van der Waals surface area contributed by atoms with E-state index in [1.807, 2.05) is 0 Å². The second-order valence-corrected chi connectivity index (χ2v) is 7.19. The fourth-order valence-corrected chi connectivity index (χ4v) is 4.23. The Balaban J connectivity index is 1.95. The molecule has 27 heavy (non-hydrogen) atoms. The average molecular weight is 390 g/mol. The number of rotatable bonds is 4. The maximum absolute atomic E-state index is 13.4. The highest BCUT2D eigenvalue weighted by Gasteiger charge is 2.30. The lowest BCUT2D eigenvalue weighted by atomic mass is 10.0. The van der Waals surface area contributed by atoms with E-state index >= 15 is 0 Å². The molecule has 2 aromatic rings. The Kier molecular flexibility index (Phi) is 5.55. The van der Waals surface area contributed by atoms with Gasteiger partial charge in [0, 0.05) is 23.9 Å². The second-order valence-electron chi connectivity index (χ2n) is 6.08. The summed E-state index contributed by atoms with van der Waals surface area (Å²) in [5.41, 5.74) is 1.27. The van der Waals surface area contributed by atoms with Crippen LogP contribution in [-0.4, -0.2) is 35.8 Å². The van der Waals surface area contributed by atoms with E-state index in [1.54, 1.807) is 11.8 Å². The Bertz CT molecular complexity index is 909. The van der Waals surface area contributed by atoms with Crippen LogP contribution in [0.1, 0.15) is 45.0 Å². The summed E-state index contributed by atoms with van der Waals surface area (Å²) in [7, 11) is 0. The third-order valence-corrected chi connectivity index (χ3v) is 5.43. The number of esters is 1. The van der Waals surface area contributed by atoms with Crippen LogP contribution < -0.4 is 5.32 Å². The van der Waals surface area contributed by atoms with Gasteiger partial charge in [-0.05, 0) is 37.1 Å². The minimum atomic E-state index is -0.518. The van der Waals surface area contributed by atoms with Crippen LogP contribution in [0.5, 0.6) is 0 Å². The molecule has 2 amide bonds. The standard InChI is InChI=1S/C19H19FN2O4S/c1-3-26-19(25)16-14-7-8-22(11(2)23)10-15(14)27-18(16)21-17(24)12-5-4-6-13(20)9-12/h4-6,9H,3,7-8,10H2,1-2H3,(H,21,24). The zero-order valence-corrected chi connectivity index (χ0v) is 15.8. The largest absolute Gasteiger partial charge is 0.462 e. The van der Waals surface area contributed by atoms with Gasteiger partial charge in [-0.3, -0.25) is 9.59 Å². The van der Waals surface area contributed by atoms with Crippen LogP contribution in [0.2, 0.25) is 0 Å².